The summed E-state index contributed by atoms with van der Waals surface area (Å²) in [6.45, 7) is 0.686. The van der Waals surface area contributed by atoms with Crippen LogP contribution in [0.25, 0.3) is 10.6 Å². The van der Waals surface area contributed by atoms with Crippen molar-refractivity contribution >= 4 is 28.9 Å². The third-order valence-electron chi connectivity index (χ3n) is 5.63. The number of non-ortho nitro benzene ring substituents is 1. The van der Waals surface area contributed by atoms with E-state index in [1.165, 1.54) is 23.5 Å². The molecule has 0 unspecified atom stereocenters. The summed E-state index contributed by atoms with van der Waals surface area (Å²) in [7, 11) is 0. The van der Waals surface area contributed by atoms with E-state index in [1.807, 2.05) is 0 Å². The third-order valence-corrected chi connectivity index (χ3v) is 6.52. The number of hydrogen-bond donors (Lipinski definition) is 1. The highest BCUT2D eigenvalue weighted by molar-refractivity contribution is 7.13. The van der Waals surface area contributed by atoms with Gasteiger partial charge >= 0.3 is 5.97 Å². The minimum atomic E-state index is -0.815. The Morgan fingerprint density at radius 3 is 2.70 bits per heavy atom. The minimum absolute atomic E-state index is 0.00539. The molecule has 4 rings (SSSR count). The van der Waals surface area contributed by atoms with Crippen molar-refractivity contribution < 1.29 is 19.6 Å². The van der Waals surface area contributed by atoms with Crippen molar-refractivity contribution in [2.45, 2.75) is 19.3 Å². The number of carboxylic acid groups (broad SMARTS) is 1. The number of likely N-dealkylation sites (tertiary alicyclic amines) is 1. The van der Waals surface area contributed by atoms with Crippen LogP contribution < -0.4 is 0 Å². The summed E-state index contributed by atoms with van der Waals surface area (Å²) in [4.78, 5) is 40.8. The number of aromatic nitrogens is 1. The quantitative estimate of drug-likeness (QED) is 0.637. The lowest BCUT2D eigenvalue weighted by atomic mass is 9.81. The summed E-state index contributed by atoms with van der Waals surface area (Å²) >= 11 is 1.29. The molecule has 1 aromatic heterocycles. The zero-order chi connectivity index (χ0) is 19.2. The number of thiazole rings is 1. The molecule has 1 saturated heterocycles. The average Bonchev–Trinajstić information content (AvgIpc) is 3.35. The molecule has 2 fully saturated rings. The third kappa shape index (κ3) is 2.87. The Hall–Kier alpha value is -2.81. The van der Waals surface area contributed by atoms with Gasteiger partial charge < -0.3 is 10.0 Å². The van der Waals surface area contributed by atoms with Crippen molar-refractivity contribution in [3.8, 4) is 10.6 Å². The first-order valence-electron chi connectivity index (χ1n) is 8.64. The number of carbonyl (C=O) groups is 2. The van der Waals surface area contributed by atoms with Crippen molar-refractivity contribution in [2.24, 2.45) is 11.3 Å². The fourth-order valence-electron chi connectivity index (χ4n) is 4.19. The van der Waals surface area contributed by atoms with E-state index in [0.29, 0.717) is 23.5 Å². The van der Waals surface area contributed by atoms with Gasteiger partial charge in [-0.15, -0.1) is 11.3 Å². The Morgan fingerprint density at radius 1 is 1.33 bits per heavy atom. The summed E-state index contributed by atoms with van der Waals surface area (Å²) in [5.74, 6) is -1.06. The van der Waals surface area contributed by atoms with E-state index in [9.17, 15) is 24.8 Å². The lowest BCUT2D eigenvalue weighted by molar-refractivity contribution is -0.384. The van der Waals surface area contributed by atoms with Gasteiger partial charge in [-0.2, -0.15) is 0 Å². The lowest BCUT2D eigenvalue weighted by Gasteiger charge is -2.23. The van der Waals surface area contributed by atoms with E-state index in [2.05, 4.69) is 4.98 Å². The number of aliphatic carboxylic acids is 1. The van der Waals surface area contributed by atoms with Crippen molar-refractivity contribution in [3.05, 3.63) is 45.5 Å². The number of carboxylic acids is 1. The van der Waals surface area contributed by atoms with Gasteiger partial charge in [0.1, 0.15) is 10.7 Å². The SMILES string of the molecule is O=C(c1csc(-c2ccc([N+](=O)[O-])cc2)n1)N1C[C@@H]2CCC[C@@]2(C(=O)O)C1. The van der Waals surface area contributed by atoms with Crippen LogP contribution in [0, 0.1) is 21.4 Å². The average molecular weight is 387 g/mol. The summed E-state index contributed by atoms with van der Waals surface area (Å²) < 4.78 is 0. The highest BCUT2D eigenvalue weighted by Gasteiger charge is 2.56. The fraction of sp³-hybridized carbons (Fsp3) is 0.389. The molecule has 2 aliphatic rings. The number of hydrogen-bond acceptors (Lipinski definition) is 6. The molecule has 1 amide bonds. The van der Waals surface area contributed by atoms with Crippen LogP contribution in [0.15, 0.2) is 29.6 Å². The van der Waals surface area contributed by atoms with Crippen LogP contribution in [-0.2, 0) is 4.79 Å². The summed E-state index contributed by atoms with van der Waals surface area (Å²) in [6.07, 6.45) is 2.34. The van der Waals surface area contributed by atoms with Crippen molar-refractivity contribution in [1.82, 2.24) is 9.88 Å². The molecule has 1 aliphatic carbocycles. The maximum Gasteiger partial charge on any atom is 0.311 e. The van der Waals surface area contributed by atoms with E-state index < -0.39 is 16.3 Å². The van der Waals surface area contributed by atoms with Crippen molar-refractivity contribution in [3.63, 3.8) is 0 Å². The zero-order valence-corrected chi connectivity index (χ0v) is 15.1. The number of nitro groups is 1. The molecule has 27 heavy (non-hydrogen) atoms. The molecule has 2 heterocycles. The molecule has 2 atom stereocenters. The molecule has 8 nitrogen and oxygen atoms in total. The molecule has 1 aliphatic heterocycles. The zero-order valence-electron chi connectivity index (χ0n) is 14.3. The fourth-order valence-corrected chi connectivity index (χ4v) is 4.99. The van der Waals surface area contributed by atoms with Crippen molar-refractivity contribution in [1.29, 1.82) is 0 Å². The number of amides is 1. The molecule has 140 valence electrons. The number of nitrogens with zero attached hydrogens (tertiary/aromatic N) is 3. The predicted octanol–water partition coefficient (Wildman–Crippen LogP) is 3.05. The summed E-state index contributed by atoms with van der Waals surface area (Å²) in [6, 6.07) is 6.00. The van der Waals surface area contributed by atoms with E-state index >= 15 is 0 Å². The first kappa shape index (κ1) is 17.6. The molecule has 0 spiro atoms. The first-order valence-corrected chi connectivity index (χ1v) is 9.52. The van der Waals surface area contributed by atoms with E-state index in [1.54, 1.807) is 22.4 Å². The Kier molecular flexibility index (Phi) is 4.18. The summed E-state index contributed by atoms with van der Waals surface area (Å²) in [5.41, 5.74) is 0.167. The molecule has 0 radical (unpaired) electrons. The lowest BCUT2D eigenvalue weighted by Crippen LogP contribution is -2.37. The van der Waals surface area contributed by atoms with E-state index in [4.69, 9.17) is 0 Å². The van der Waals surface area contributed by atoms with Gasteiger partial charge in [-0.3, -0.25) is 19.7 Å². The molecule has 2 aromatic rings. The van der Waals surface area contributed by atoms with Gasteiger partial charge in [-0.25, -0.2) is 4.98 Å². The Morgan fingerprint density at radius 2 is 2.07 bits per heavy atom. The Bertz CT molecular complexity index is 925. The topological polar surface area (TPSA) is 114 Å². The van der Waals surface area contributed by atoms with E-state index in [-0.39, 0.29) is 29.8 Å². The van der Waals surface area contributed by atoms with Gasteiger partial charge in [0.15, 0.2) is 0 Å². The second-order valence-corrected chi connectivity index (χ2v) is 7.94. The normalized spacial score (nSPS) is 24.0. The van der Waals surface area contributed by atoms with Crippen LogP contribution >= 0.6 is 11.3 Å². The highest BCUT2D eigenvalue weighted by atomic mass is 32.1. The largest absolute Gasteiger partial charge is 0.481 e. The Labute approximate surface area is 158 Å². The molecule has 1 N–H and O–H groups in total. The molecule has 1 saturated carbocycles. The smallest absolute Gasteiger partial charge is 0.311 e. The molecular weight excluding hydrogens is 370 g/mol. The van der Waals surface area contributed by atoms with Crippen LogP contribution in [0.5, 0.6) is 0 Å². The van der Waals surface area contributed by atoms with Gasteiger partial charge in [-0.05, 0) is 30.9 Å². The maximum atomic E-state index is 12.8. The predicted molar refractivity (Wildman–Crippen MR) is 97.5 cm³/mol. The molecule has 9 heteroatoms. The minimum Gasteiger partial charge on any atom is -0.481 e. The standard InChI is InChI=1S/C18H17N3O5S/c22-16(20-8-12-2-1-7-18(12,10-20)17(23)24)14-9-27-15(19-14)11-3-5-13(6-4-11)21(25)26/h3-6,9,12H,1-2,7-8,10H2,(H,23,24)/t12-,18+/m0/s1. The highest BCUT2D eigenvalue weighted by Crippen LogP contribution is 2.49. The number of rotatable bonds is 4. The number of fused-ring (bicyclic) bond motifs is 1. The molecule has 0 bridgehead atoms. The second-order valence-electron chi connectivity index (χ2n) is 7.08. The monoisotopic (exact) mass is 387 g/mol. The van der Waals surface area contributed by atoms with Crippen LogP contribution in [-0.4, -0.2) is 44.9 Å². The Balaban J connectivity index is 1.53. The molecular formula is C18H17N3O5S. The summed E-state index contributed by atoms with van der Waals surface area (Å²) in [5, 5.41) is 22.7. The van der Waals surface area contributed by atoms with Gasteiger partial charge in [0.25, 0.3) is 11.6 Å². The van der Waals surface area contributed by atoms with Crippen LogP contribution in [0.3, 0.4) is 0 Å². The van der Waals surface area contributed by atoms with Gasteiger partial charge in [0, 0.05) is 36.2 Å². The van der Waals surface area contributed by atoms with Crippen molar-refractivity contribution in [2.75, 3.05) is 13.1 Å². The van der Waals surface area contributed by atoms with E-state index in [0.717, 1.165) is 12.8 Å². The van der Waals surface area contributed by atoms with Gasteiger partial charge in [0.2, 0.25) is 0 Å². The number of benzene rings is 1. The number of carbonyl (C=O) groups excluding carboxylic acids is 1. The van der Waals surface area contributed by atoms with Gasteiger partial charge in [0.05, 0.1) is 10.3 Å². The molecule has 1 aromatic carbocycles. The van der Waals surface area contributed by atoms with Crippen LogP contribution in [0.2, 0.25) is 0 Å². The van der Waals surface area contributed by atoms with Crippen LogP contribution in [0.1, 0.15) is 29.8 Å². The number of nitro benzene ring substituents is 1. The first-order chi connectivity index (χ1) is 12.9. The second kappa shape index (κ2) is 6.41. The van der Waals surface area contributed by atoms with Crippen LogP contribution in [0.4, 0.5) is 5.69 Å². The maximum absolute atomic E-state index is 12.8. The van der Waals surface area contributed by atoms with Gasteiger partial charge in [-0.1, -0.05) is 6.42 Å².